The molecule has 0 N–H and O–H groups in total. The van der Waals surface area contributed by atoms with E-state index in [2.05, 4.69) is 4.31 Å². The third-order valence-electron chi connectivity index (χ3n) is 0.200. The number of hydrogen-bond donors (Lipinski definition) is 0. The smallest absolute Gasteiger partial charge is 0.822 e. The largest absolute Gasteiger partial charge is 3.00 e. The molecule has 0 aromatic heterocycles. The first kappa shape index (κ1) is 31.7. The Morgan fingerprint density at radius 1 is 0.647 bits per heavy atom. The monoisotopic (exact) mass is 346 g/mol. The van der Waals surface area contributed by atoms with Gasteiger partial charge >= 0.3 is 64.3 Å². The third kappa shape index (κ3) is 70.0. The van der Waals surface area contributed by atoms with Crippen molar-refractivity contribution in [1.29, 1.82) is 0 Å². The summed E-state index contributed by atoms with van der Waals surface area (Å²) in [5, 5.41) is 0. The van der Waals surface area contributed by atoms with E-state index in [1.807, 2.05) is 0 Å². The topological polar surface area (TPSA) is 222 Å². The average molecular weight is 346 g/mol. The van der Waals surface area contributed by atoms with E-state index in [1.165, 1.54) is 0 Å². The zero-order chi connectivity index (χ0) is 12.2. The molecule has 0 aliphatic carbocycles. The fourth-order valence-corrected chi connectivity index (χ4v) is 1.10. The van der Waals surface area contributed by atoms with Gasteiger partial charge in [-0.05, 0) is 0 Å². The van der Waals surface area contributed by atoms with E-state index in [-0.39, 0.29) is 64.3 Å². The third-order valence-corrected chi connectivity index (χ3v) is 1.80. The van der Waals surface area contributed by atoms with Gasteiger partial charge in [0, 0.05) is 0 Å². The van der Waals surface area contributed by atoms with E-state index in [0.717, 1.165) is 0 Å². The van der Waals surface area contributed by atoms with Gasteiger partial charge in [0.2, 0.25) is 0 Å². The maximum absolute atomic E-state index is 9.32. The van der Waals surface area contributed by atoms with E-state index < -0.39 is 23.5 Å². The summed E-state index contributed by atoms with van der Waals surface area (Å²) in [5.74, 6) is 0. The Kier molecular flexibility index (Phi) is 22.7. The van der Waals surface area contributed by atoms with Crippen LogP contribution in [-0.4, -0.2) is 34.7 Å². The Labute approximate surface area is 139 Å². The first-order chi connectivity index (χ1) is 5.71. The first-order valence-corrected chi connectivity index (χ1v) is 6.57. The van der Waals surface area contributed by atoms with Crippen LogP contribution < -0.4 is 63.8 Å². The molecule has 17 heteroatoms. The molecule has 0 fully saturated rings. The summed E-state index contributed by atoms with van der Waals surface area (Å²) >= 11 is 0. The predicted molar refractivity (Wildman–Crippen MR) is 35.4 cm³/mol. The van der Waals surface area contributed by atoms with Crippen molar-refractivity contribution in [3.8, 4) is 0 Å². The van der Waals surface area contributed by atoms with Crippen LogP contribution in [0.2, 0.25) is 0 Å². The van der Waals surface area contributed by atoms with Gasteiger partial charge in [-0.2, -0.15) is 7.82 Å². The number of phosphoric acid groups is 3. The van der Waals surface area contributed by atoms with Crippen LogP contribution in [0.15, 0.2) is 0 Å². The molecule has 0 unspecified atom stereocenters. The minimum Gasteiger partial charge on any atom is -0.822 e. The second-order valence-electron chi connectivity index (χ2n) is 1.42. The minimum atomic E-state index is -5.68. The Morgan fingerprint density at radius 3 is 0.765 bits per heavy atom. The number of rotatable bonds is 2. The van der Waals surface area contributed by atoms with Gasteiger partial charge in [0.1, 0.15) is 0 Å². The molecule has 11 nitrogen and oxygen atoms in total. The molecule has 0 aliphatic heterocycles. The van der Waals surface area contributed by atoms with E-state index in [1.54, 1.807) is 0 Å². The second-order valence-corrected chi connectivity index (χ2v) is 4.76. The molecule has 0 aromatic rings. The van der Waals surface area contributed by atoms with Crippen LogP contribution in [0.1, 0.15) is 0 Å². The normalized spacial score (nSPS) is 10.8. The summed E-state index contributed by atoms with van der Waals surface area (Å²) in [6.07, 6.45) is 0. The molecule has 0 aromatic carbocycles. The van der Waals surface area contributed by atoms with Gasteiger partial charge in [-0.25, -0.2) is 0 Å². The quantitative estimate of drug-likeness (QED) is 0.337. The summed E-state index contributed by atoms with van der Waals surface area (Å²) in [7, 11) is -16.7. The summed E-state index contributed by atoms with van der Waals surface area (Å²) < 4.78 is 29.7. The van der Waals surface area contributed by atoms with Gasteiger partial charge in [-0.1, -0.05) is 0 Å². The van der Waals surface area contributed by atoms with Gasteiger partial charge in [0.25, 0.3) is 0 Å². The van der Waals surface area contributed by atoms with Gasteiger partial charge in [-0.3, -0.25) is 0 Å². The van der Waals surface area contributed by atoms with Crippen molar-refractivity contribution in [2.24, 2.45) is 0 Å². The van der Waals surface area contributed by atoms with E-state index >= 15 is 0 Å². The summed E-state index contributed by atoms with van der Waals surface area (Å²) in [6, 6.07) is 0. The fraction of sp³-hybridized carbons (Fsp3) is 0. The molecule has 0 radical (unpaired) electrons. The maximum Gasteiger partial charge on any atom is 3.00 e. The zero-order valence-corrected chi connectivity index (χ0v) is 15.0. The second kappa shape index (κ2) is 12.2. The molecule has 17 heavy (non-hydrogen) atoms. The van der Waals surface area contributed by atoms with E-state index in [9.17, 15) is 28.7 Å². The molecule has 0 heterocycles. The van der Waals surface area contributed by atoms with Crippen molar-refractivity contribution in [1.82, 2.24) is 0 Å². The maximum atomic E-state index is 9.32. The van der Waals surface area contributed by atoms with Gasteiger partial charge in [-0.15, -0.1) is 0 Å². The Hall–Kier alpha value is 2.43. The zero-order valence-electron chi connectivity index (χ0n) is 7.99. The van der Waals surface area contributed by atoms with Crippen molar-refractivity contribution >= 4 is 58.2 Å². The van der Waals surface area contributed by atoms with Crippen LogP contribution in [0.5, 0.6) is 0 Å². The predicted octanol–water partition coefficient (Wildman–Crippen LogP) is -9.92. The Bertz CT molecular complexity index is 268. The molecule has 0 saturated heterocycles. The van der Waals surface area contributed by atoms with Crippen molar-refractivity contribution in [2.45, 2.75) is 0 Å². The SMILES string of the molecule is O=P([O-])([O-])OP(=O)([O-])[O-].O=P([O-])([O-])[O-].[Al+3].[Al+3].[Na+]. The van der Waals surface area contributed by atoms with E-state index in [4.69, 9.17) is 19.2 Å². The number of hydrogen-bond acceptors (Lipinski definition) is 11. The summed E-state index contributed by atoms with van der Waals surface area (Å²) in [6.45, 7) is 0. The fourth-order valence-electron chi connectivity index (χ4n) is 0.122. The molecule has 0 amide bonds. The van der Waals surface area contributed by atoms with Crippen molar-refractivity contribution in [2.75, 3.05) is 0 Å². The molecule has 0 spiro atoms. The molecular formula is Al2NaO11P3. The summed E-state index contributed by atoms with van der Waals surface area (Å²) in [4.78, 5) is 62.9. The molecule has 0 atom stereocenters. The Morgan fingerprint density at radius 2 is 0.765 bits per heavy atom. The first-order valence-electron chi connectivity index (χ1n) is 2.19. The molecular weight excluding hydrogens is 346 g/mol. The molecule has 0 aliphatic rings. The molecule has 88 valence electrons. The summed E-state index contributed by atoms with van der Waals surface area (Å²) in [5.41, 5.74) is 0. The van der Waals surface area contributed by atoms with Crippen LogP contribution in [0.3, 0.4) is 0 Å². The van der Waals surface area contributed by atoms with Crippen molar-refractivity contribution < 1.29 is 81.8 Å². The van der Waals surface area contributed by atoms with Crippen molar-refractivity contribution in [3.63, 3.8) is 0 Å². The molecule has 0 saturated carbocycles. The van der Waals surface area contributed by atoms with Crippen LogP contribution in [0.4, 0.5) is 0 Å². The van der Waals surface area contributed by atoms with E-state index in [0.29, 0.717) is 0 Å². The molecule has 0 bridgehead atoms. The van der Waals surface area contributed by atoms with Crippen molar-refractivity contribution in [3.05, 3.63) is 0 Å². The Balaban J connectivity index is -0.0000000533. The standard InChI is InChI=1S/2Al.Na.H4O7P2.H3O4P/c;;;1-8(2,3)7-9(4,5)6;1-5(2,3)4/h;;;(H2,1,2,3)(H2,4,5,6);(H3,1,2,3,4)/q2*+3;+1;;/p-7. The van der Waals surface area contributed by atoms with Crippen LogP contribution >= 0.6 is 23.5 Å². The van der Waals surface area contributed by atoms with Gasteiger partial charge < -0.3 is 52.3 Å². The van der Waals surface area contributed by atoms with Crippen LogP contribution in [-0.2, 0) is 18.0 Å². The minimum absolute atomic E-state index is 0. The molecule has 0 rings (SSSR count). The van der Waals surface area contributed by atoms with Crippen LogP contribution in [0.25, 0.3) is 0 Å². The van der Waals surface area contributed by atoms with Gasteiger partial charge in [0.15, 0.2) is 0 Å². The average Bonchev–Trinajstić information content (AvgIpc) is 1.42. The van der Waals surface area contributed by atoms with Crippen LogP contribution in [0, 0.1) is 0 Å². The van der Waals surface area contributed by atoms with Gasteiger partial charge in [0.05, 0.1) is 15.6 Å².